The Bertz CT molecular complexity index is 1020. The molecule has 280 valence electrons. The van der Waals surface area contributed by atoms with Crippen molar-refractivity contribution in [2.24, 2.45) is 0 Å². The first kappa shape index (κ1) is 42.9. The molecule has 0 aliphatic carbocycles. The Labute approximate surface area is 290 Å². The molecule has 14 nitrogen and oxygen atoms in total. The molecule has 2 aromatic carbocycles. The highest BCUT2D eigenvalue weighted by molar-refractivity contribution is 6.04. The van der Waals surface area contributed by atoms with Gasteiger partial charge in [-0.2, -0.15) is 0 Å². The van der Waals surface area contributed by atoms with Gasteiger partial charge in [0.1, 0.15) is 6.61 Å². The summed E-state index contributed by atoms with van der Waals surface area (Å²) >= 11 is 0. The van der Waals surface area contributed by atoms with Crippen LogP contribution >= 0.6 is 0 Å². The van der Waals surface area contributed by atoms with Crippen LogP contribution in [-0.4, -0.2) is 170 Å². The number of aliphatic hydroxyl groups is 1. The molecule has 0 aliphatic rings. The predicted molar refractivity (Wildman–Crippen MR) is 180 cm³/mol. The third kappa shape index (κ3) is 24.5. The molecular weight excluding hydrogens is 644 g/mol. The van der Waals surface area contributed by atoms with E-state index in [2.05, 4.69) is 0 Å². The molecule has 0 bridgehead atoms. The molecule has 0 spiro atoms. The van der Waals surface area contributed by atoms with E-state index in [1.807, 2.05) is 36.4 Å². The number of rotatable bonds is 36. The molecule has 14 heteroatoms. The van der Waals surface area contributed by atoms with Crippen LogP contribution in [0.3, 0.4) is 0 Å². The lowest BCUT2D eigenvalue weighted by Gasteiger charge is -2.09. The van der Waals surface area contributed by atoms with Gasteiger partial charge in [-0.05, 0) is 16.8 Å². The molecule has 0 radical (unpaired) electrons. The third-order valence-corrected chi connectivity index (χ3v) is 6.43. The van der Waals surface area contributed by atoms with Crippen molar-refractivity contribution in [3.63, 3.8) is 0 Å². The number of hydrogen-bond acceptors (Lipinski definition) is 14. The van der Waals surface area contributed by atoms with Gasteiger partial charge in [0.25, 0.3) is 0 Å². The average Bonchev–Trinajstić information content (AvgIpc) is 3.13. The number of ether oxygens (including phenoxy) is 12. The Balaban J connectivity index is 1.19. The number of carbonyl (C=O) groups is 1. The zero-order valence-corrected chi connectivity index (χ0v) is 28.8. The number of fused-ring (bicyclic) bond motifs is 1. The number of aliphatic hydroxyl groups excluding tert-OH is 1. The van der Waals surface area contributed by atoms with Gasteiger partial charge < -0.3 is 61.9 Å². The van der Waals surface area contributed by atoms with Gasteiger partial charge in [0.15, 0.2) is 0 Å². The van der Waals surface area contributed by atoms with Gasteiger partial charge in [0, 0.05) is 0 Å². The summed E-state index contributed by atoms with van der Waals surface area (Å²) in [5.74, 6) is -0.357. The second kappa shape index (κ2) is 32.9. The van der Waals surface area contributed by atoms with Crippen LogP contribution in [0.2, 0.25) is 0 Å². The van der Waals surface area contributed by atoms with Gasteiger partial charge in [-0.25, -0.2) is 4.79 Å². The van der Waals surface area contributed by atoms with E-state index in [1.165, 1.54) is 0 Å². The summed E-state index contributed by atoms with van der Waals surface area (Å²) in [4.78, 5) is 12.4. The molecule has 2 aromatic rings. The Kier molecular flexibility index (Phi) is 28.7. The Morgan fingerprint density at radius 1 is 0.388 bits per heavy atom. The Morgan fingerprint density at radius 2 is 0.694 bits per heavy atom. The minimum absolute atomic E-state index is 0.0208. The van der Waals surface area contributed by atoms with Crippen LogP contribution in [0.1, 0.15) is 10.4 Å². The monoisotopic (exact) mass is 700 g/mol. The summed E-state index contributed by atoms with van der Waals surface area (Å²) in [6, 6.07) is 13.3. The van der Waals surface area contributed by atoms with Crippen molar-refractivity contribution in [2.45, 2.75) is 0 Å². The number of benzene rings is 2. The number of hydrogen-bond donors (Lipinski definition) is 1. The highest BCUT2D eigenvalue weighted by atomic mass is 16.6. The average molecular weight is 701 g/mol. The van der Waals surface area contributed by atoms with Crippen LogP contribution in [0.25, 0.3) is 10.8 Å². The van der Waals surface area contributed by atoms with Crippen LogP contribution in [0.4, 0.5) is 0 Å². The van der Waals surface area contributed by atoms with E-state index in [4.69, 9.17) is 61.9 Å². The van der Waals surface area contributed by atoms with Gasteiger partial charge in [-0.15, -0.1) is 0 Å². The molecule has 0 saturated heterocycles. The summed E-state index contributed by atoms with van der Waals surface area (Å²) in [5.41, 5.74) is 0.552. The van der Waals surface area contributed by atoms with E-state index in [0.29, 0.717) is 151 Å². The zero-order valence-electron chi connectivity index (χ0n) is 28.8. The summed E-state index contributed by atoms with van der Waals surface area (Å²) in [6.07, 6.45) is 0. The van der Waals surface area contributed by atoms with Crippen molar-refractivity contribution in [3.05, 3.63) is 48.0 Å². The standard InChI is InChI=1S/C35H56O14/c36-8-9-38-10-11-39-12-13-40-14-15-41-16-17-42-18-19-43-20-21-44-22-23-45-24-25-46-26-27-47-28-29-48-30-31-49-35(37)34-7-3-5-32-4-1-2-6-33(32)34/h1-7,36H,8-31H2. The predicted octanol–water partition coefficient (Wildman–Crippen LogP) is 2.17. The van der Waals surface area contributed by atoms with Crippen LogP contribution in [0.15, 0.2) is 42.5 Å². The first-order valence-corrected chi connectivity index (χ1v) is 16.9. The van der Waals surface area contributed by atoms with Crippen molar-refractivity contribution in [3.8, 4) is 0 Å². The Hall–Kier alpha value is -2.31. The maximum Gasteiger partial charge on any atom is 0.338 e. The maximum absolute atomic E-state index is 12.4. The van der Waals surface area contributed by atoms with E-state index >= 15 is 0 Å². The van der Waals surface area contributed by atoms with Gasteiger partial charge in [-0.3, -0.25) is 0 Å². The fraction of sp³-hybridized carbons (Fsp3) is 0.686. The molecule has 0 amide bonds. The smallest absolute Gasteiger partial charge is 0.338 e. The van der Waals surface area contributed by atoms with E-state index in [1.54, 1.807) is 6.07 Å². The van der Waals surface area contributed by atoms with Crippen LogP contribution in [-0.2, 0) is 56.8 Å². The quantitative estimate of drug-likeness (QED) is 0.0818. The highest BCUT2D eigenvalue weighted by Crippen LogP contribution is 2.19. The second-order valence-electron chi connectivity index (χ2n) is 10.1. The summed E-state index contributed by atoms with van der Waals surface area (Å²) in [6.45, 7) is 10.4. The van der Waals surface area contributed by atoms with Crippen molar-refractivity contribution in [2.75, 3.05) is 159 Å². The topological polar surface area (TPSA) is 148 Å². The molecule has 0 saturated carbocycles. The number of carbonyl (C=O) groups excluding carboxylic acids is 1. The molecule has 1 N–H and O–H groups in total. The molecule has 49 heavy (non-hydrogen) atoms. The molecule has 0 fully saturated rings. The molecule has 0 heterocycles. The van der Waals surface area contributed by atoms with E-state index in [9.17, 15) is 4.79 Å². The molecular formula is C35H56O14. The number of esters is 1. The molecule has 0 aliphatic heterocycles. The van der Waals surface area contributed by atoms with Crippen LogP contribution in [0.5, 0.6) is 0 Å². The fourth-order valence-electron chi connectivity index (χ4n) is 4.04. The van der Waals surface area contributed by atoms with Crippen LogP contribution < -0.4 is 0 Å². The van der Waals surface area contributed by atoms with Gasteiger partial charge in [-0.1, -0.05) is 36.4 Å². The zero-order chi connectivity index (χ0) is 34.7. The van der Waals surface area contributed by atoms with E-state index < -0.39 is 0 Å². The van der Waals surface area contributed by atoms with Crippen molar-refractivity contribution < 1.29 is 66.7 Å². The van der Waals surface area contributed by atoms with E-state index in [-0.39, 0.29) is 19.2 Å². The maximum atomic E-state index is 12.4. The highest BCUT2D eigenvalue weighted by Gasteiger charge is 2.10. The summed E-state index contributed by atoms with van der Waals surface area (Å²) < 4.78 is 64.9. The second-order valence-corrected chi connectivity index (χ2v) is 10.1. The van der Waals surface area contributed by atoms with E-state index in [0.717, 1.165) is 10.8 Å². The minimum Gasteiger partial charge on any atom is -0.460 e. The first-order valence-electron chi connectivity index (χ1n) is 16.9. The lowest BCUT2D eigenvalue weighted by molar-refractivity contribution is -0.0283. The van der Waals surface area contributed by atoms with Crippen molar-refractivity contribution in [1.82, 2.24) is 0 Å². The van der Waals surface area contributed by atoms with Gasteiger partial charge >= 0.3 is 5.97 Å². The normalized spacial score (nSPS) is 11.4. The molecule has 2 rings (SSSR count). The summed E-state index contributed by atoms with van der Waals surface area (Å²) in [5, 5.41) is 10.5. The third-order valence-electron chi connectivity index (χ3n) is 6.43. The lowest BCUT2D eigenvalue weighted by Crippen LogP contribution is -2.16. The van der Waals surface area contributed by atoms with Gasteiger partial charge in [0.2, 0.25) is 0 Å². The SMILES string of the molecule is O=C(OCCOCCOCCOCCOCCOCCOCCOCCOCCOCCOCCOCCO)c1cccc2ccccc12. The Morgan fingerprint density at radius 3 is 1.06 bits per heavy atom. The van der Waals surface area contributed by atoms with Crippen molar-refractivity contribution in [1.29, 1.82) is 0 Å². The molecule has 0 aromatic heterocycles. The van der Waals surface area contributed by atoms with Crippen LogP contribution in [0, 0.1) is 0 Å². The summed E-state index contributed by atoms with van der Waals surface area (Å²) in [7, 11) is 0. The fourth-order valence-corrected chi connectivity index (χ4v) is 4.04. The largest absolute Gasteiger partial charge is 0.460 e. The first-order chi connectivity index (χ1) is 24.3. The van der Waals surface area contributed by atoms with Crippen molar-refractivity contribution >= 4 is 16.7 Å². The molecule has 0 atom stereocenters. The molecule has 0 unspecified atom stereocenters. The van der Waals surface area contributed by atoms with Gasteiger partial charge in [0.05, 0.1) is 158 Å². The minimum atomic E-state index is -0.357. The lowest BCUT2D eigenvalue weighted by atomic mass is 10.1.